The Balaban J connectivity index is 2.91. The molecule has 4 heteroatoms. The number of hydrogen-bond donors (Lipinski definition) is 1. The van der Waals surface area contributed by atoms with Crippen LogP contribution in [0.15, 0.2) is 0 Å². The molecule has 80 valence electrons. The smallest absolute Gasteiger partial charge is 0.126 e. The summed E-state index contributed by atoms with van der Waals surface area (Å²) < 4.78 is 2.00. The molecular weight excluding hydrogens is 194 g/mol. The van der Waals surface area contributed by atoms with E-state index >= 15 is 0 Å². The molecule has 0 unspecified atom stereocenters. The lowest BCUT2D eigenvalue weighted by atomic mass is 10.2. The molecule has 1 rings (SSSR count). The zero-order valence-electron chi connectivity index (χ0n) is 9.37. The van der Waals surface area contributed by atoms with E-state index in [0.717, 1.165) is 29.5 Å². The molecule has 0 aliphatic heterocycles. The van der Waals surface area contributed by atoms with Crippen molar-refractivity contribution in [2.45, 2.75) is 26.2 Å². The Morgan fingerprint density at radius 3 is 2.57 bits per heavy atom. The van der Waals surface area contributed by atoms with Crippen LogP contribution in [0.4, 0.5) is 5.82 Å². The van der Waals surface area contributed by atoms with Crippen molar-refractivity contribution >= 4 is 17.6 Å². The van der Waals surface area contributed by atoms with Crippen molar-refractivity contribution in [3.05, 3.63) is 11.5 Å². The summed E-state index contributed by atoms with van der Waals surface area (Å²) in [7, 11) is 1.99. The van der Waals surface area contributed by atoms with Crippen molar-refractivity contribution in [1.29, 1.82) is 0 Å². The summed E-state index contributed by atoms with van der Waals surface area (Å²) in [5.41, 5.74) is 7.02. The fourth-order valence-corrected chi connectivity index (χ4v) is 1.88. The van der Waals surface area contributed by atoms with E-state index in [-0.39, 0.29) is 0 Å². The summed E-state index contributed by atoms with van der Waals surface area (Å²) in [6.07, 6.45) is 3.07. The highest BCUT2D eigenvalue weighted by Gasteiger charge is 2.13. The normalized spacial score (nSPS) is 11.2. The molecular formula is C10H19N3S. The molecule has 0 fully saturated rings. The van der Waals surface area contributed by atoms with E-state index in [4.69, 9.17) is 5.73 Å². The van der Waals surface area contributed by atoms with Crippen molar-refractivity contribution in [3.63, 3.8) is 0 Å². The molecule has 0 spiro atoms. The minimum absolute atomic E-state index is 0.435. The Labute approximate surface area is 90.1 Å². The molecule has 0 aliphatic carbocycles. The maximum Gasteiger partial charge on any atom is 0.126 e. The van der Waals surface area contributed by atoms with Crippen molar-refractivity contribution in [3.8, 4) is 0 Å². The van der Waals surface area contributed by atoms with Gasteiger partial charge >= 0.3 is 0 Å². The largest absolute Gasteiger partial charge is 0.384 e. The van der Waals surface area contributed by atoms with Gasteiger partial charge in [-0.3, -0.25) is 0 Å². The maximum atomic E-state index is 5.97. The predicted octanol–water partition coefficient (Wildman–Crippen LogP) is 2.03. The van der Waals surface area contributed by atoms with Crippen LogP contribution in [-0.2, 0) is 13.5 Å². The van der Waals surface area contributed by atoms with Gasteiger partial charge < -0.3 is 10.3 Å². The monoisotopic (exact) mass is 213 g/mol. The summed E-state index contributed by atoms with van der Waals surface area (Å²) in [4.78, 5) is 4.57. The molecule has 0 aliphatic rings. The van der Waals surface area contributed by atoms with E-state index in [9.17, 15) is 0 Å². The van der Waals surface area contributed by atoms with E-state index in [1.807, 2.05) is 23.4 Å². The molecule has 0 saturated heterocycles. The number of nitrogen functional groups attached to an aromatic ring is 1. The number of aromatic nitrogens is 2. The van der Waals surface area contributed by atoms with Crippen molar-refractivity contribution in [2.75, 3.05) is 17.7 Å². The van der Waals surface area contributed by atoms with Crippen LogP contribution in [0.1, 0.15) is 31.3 Å². The van der Waals surface area contributed by atoms with Gasteiger partial charge in [0.25, 0.3) is 0 Å². The van der Waals surface area contributed by atoms with Crippen molar-refractivity contribution < 1.29 is 0 Å². The zero-order valence-corrected chi connectivity index (χ0v) is 10.2. The highest BCUT2D eigenvalue weighted by molar-refractivity contribution is 7.98. The Hall–Kier alpha value is -0.640. The van der Waals surface area contributed by atoms with Gasteiger partial charge in [0.2, 0.25) is 0 Å². The average Bonchev–Trinajstić information content (AvgIpc) is 2.42. The van der Waals surface area contributed by atoms with Gasteiger partial charge in [-0.2, -0.15) is 11.8 Å². The first-order valence-corrected chi connectivity index (χ1v) is 6.27. The third-order valence-electron chi connectivity index (χ3n) is 2.31. The first kappa shape index (κ1) is 11.4. The van der Waals surface area contributed by atoms with Gasteiger partial charge in [-0.05, 0) is 12.0 Å². The Morgan fingerprint density at radius 1 is 1.50 bits per heavy atom. The van der Waals surface area contributed by atoms with Crippen LogP contribution in [0.5, 0.6) is 0 Å². The third kappa shape index (κ3) is 2.23. The molecule has 0 radical (unpaired) electrons. The highest BCUT2D eigenvalue weighted by atomic mass is 32.2. The number of imidazole rings is 1. The number of nitrogens with two attached hydrogens (primary N) is 1. The molecule has 14 heavy (non-hydrogen) atoms. The molecule has 0 atom stereocenters. The van der Waals surface area contributed by atoms with E-state index < -0.39 is 0 Å². The second-order valence-electron chi connectivity index (χ2n) is 3.76. The zero-order chi connectivity index (χ0) is 10.7. The van der Waals surface area contributed by atoms with Crippen LogP contribution in [0.2, 0.25) is 0 Å². The van der Waals surface area contributed by atoms with Gasteiger partial charge in [0, 0.05) is 19.4 Å². The van der Waals surface area contributed by atoms with Crippen molar-refractivity contribution in [2.24, 2.45) is 7.05 Å². The van der Waals surface area contributed by atoms with Gasteiger partial charge in [0.05, 0.1) is 5.69 Å². The number of rotatable bonds is 4. The lowest BCUT2D eigenvalue weighted by Gasteiger charge is -2.04. The minimum atomic E-state index is 0.435. The van der Waals surface area contributed by atoms with Crippen LogP contribution in [0.25, 0.3) is 0 Å². The lowest BCUT2D eigenvalue weighted by Crippen LogP contribution is -2.03. The second-order valence-corrected chi connectivity index (χ2v) is 4.74. The molecule has 1 aromatic rings. The van der Waals surface area contributed by atoms with E-state index in [1.54, 1.807) is 0 Å². The Kier molecular flexibility index (Phi) is 3.86. The number of aryl methyl sites for hydroxylation is 1. The van der Waals surface area contributed by atoms with Crippen LogP contribution < -0.4 is 5.73 Å². The summed E-state index contributed by atoms with van der Waals surface area (Å²) in [6.45, 7) is 4.28. The quantitative estimate of drug-likeness (QED) is 0.832. The number of anilines is 1. The summed E-state index contributed by atoms with van der Waals surface area (Å²) in [6, 6.07) is 0. The molecule has 3 nitrogen and oxygen atoms in total. The maximum absolute atomic E-state index is 5.97. The average molecular weight is 213 g/mol. The van der Waals surface area contributed by atoms with Crippen LogP contribution in [0.3, 0.4) is 0 Å². The summed E-state index contributed by atoms with van der Waals surface area (Å²) in [5, 5.41) is 0. The topological polar surface area (TPSA) is 43.8 Å². The van der Waals surface area contributed by atoms with Crippen LogP contribution >= 0.6 is 11.8 Å². The summed E-state index contributed by atoms with van der Waals surface area (Å²) >= 11 is 1.82. The predicted molar refractivity (Wildman–Crippen MR) is 63.8 cm³/mol. The van der Waals surface area contributed by atoms with Crippen LogP contribution in [0, 0.1) is 0 Å². The molecule has 2 N–H and O–H groups in total. The first-order chi connectivity index (χ1) is 6.57. The second kappa shape index (κ2) is 4.73. The van der Waals surface area contributed by atoms with Gasteiger partial charge in [-0.1, -0.05) is 13.8 Å². The van der Waals surface area contributed by atoms with Crippen LogP contribution in [-0.4, -0.2) is 21.6 Å². The fourth-order valence-electron chi connectivity index (χ4n) is 1.49. The minimum Gasteiger partial charge on any atom is -0.384 e. The number of hydrogen-bond acceptors (Lipinski definition) is 3. The third-order valence-corrected chi connectivity index (χ3v) is 2.92. The number of thioether (sulfide) groups is 1. The van der Waals surface area contributed by atoms with Gasteiger partial charge in [0.15, 0.2) is 0 Å². The molecule has 1 aromatic heterocycles. The Bertz CT molecular complexity index is 305. The highest BCUT2D eigenvalue weighted by Crippen LogP contribution is 2.20. The van der Waals surface area contributed by atoms with Gasteiger partial charge in [0.1, 0.15) is 11.6 Å². The van der Waals surface area contributed by atoms with E-state index in [2.05, 4.69) is 25.1 Å². The molecule has 1 heterocycles. The van der Waals surface area contributed by atoms with Gasteiger partial charge in [-0.25, -0.2) is 4.98 Å². The van der Waals surface area contributed by atoms with E-state index in [1.165, 1.54) is 0 Å². The Morgan fingerprint density at radius 2 is 2.14 bits per heavy atom. The lowest BCUT2D eigenvalue weighted by molar-refractivity contribution is 0.714. The van der Waals surface area contributed by atoms with E-state index in [0.29, 0.717) is 5.92 Å². The molecule has 0 amide bonds. The molecule has 0 bridgehead atoms. The van der Waals surface area contributed by atoms with Crippen molar-refractivity contribution in [1.82, 2.24) is 9.55 Å². The van der Waals surface area contributed by atoms with Gasteiger partial charge in [-0.15, -0.1) is 0 Å². The molecule has 0 aromatic carbocycles. The first-order valence-electron chi connectivity index (χ1n) is 4.87. The summed E-state index contributed by atoms with van der Waals surface area (Å²) in [5.74, 6) is 3.42. The fraction of sp³-hybridized carbons (Fsp3) is 0.700. The standard InChI is InChI=1S/C10H19N3S/c1-7(2)10-12-8(5-6-14-4)9(11)13(10)3/h7H,5-6,11H2,1-4H3. The SMILES string of the molecule is CSCCc1nc(C(C)C)n(C)c1N. The number of nitrogens with zero attached hydrogens (tertiary/aromatic N) is 2. The molecule has 0 saturated carbocycles.